The predicted octanol–water partition coefficient (Wildman–Crippen LogP) is 2.77. The molecule has 1 amide bonds. The van der Waals surface area contributed by atoms with E-state index in [2.05, 4.69) is 15.9 Å². The Balaban J connectivity index is 1.80. The second kappa shape index (κ2) is 5.40. The van der Waals surface area contributed by atoms with Crippen molar-refractivity contribution in [3.63, 3.8) is 0 Å². The van der Waals surface area contributed by atoms with E-state index in [4.69, 9.17) is 0 Å². The van der Waals surface area contributed by atoms with Crippen LogP contribution in [0.25, 0.3) is 0 Å². The molecule has 0 bridgehead atoms. The van der Waals surface area contributed by atoms with Crippen molar-refractivity contribution in [2.45, 2.75) is 12.8 Å². The summed E-state index contributed by atoms with van der Waals surface area (Å²) in [4.78, 5) is 25.3. The van der Waals surface area contributed by atoms with Crippen LogP contribution in [0.5, 0.6) is 0 Å². The molecule has 1 aromatic carbocycles. The average molecular weight is 356 g/mol. The van der Waals surface area contributed by atoms with Gasteiger partial charge >= 0.3 is 5.97 Å². The molecule has 3 rings (SSSR count). The number of carboxylic acid groups (broad SMARTS) is 1. The summed E-state index contributed by atoms with van der Waals surface area (Å²) in [7, 11) is 0. The number of halogens is 2. The molecule has 1 saturated carbocycles. The Labute approximate surface area is 130 Å². The van der Waals surface area contributed by atoms with E-state index in [0.717, 1.165) is 12.8 Å². The average Bonchev–Trinajstić information content (AvgIpc) is 3.15. The molecule has 6 heteroatoms. The molecule has 1 N–H and O–H groups in total. The molecule has 0 unspecified atom stereocenters. The van der Waals surface area contributed by atoms with Gasteiger partial charge in [-0.3, -0.25) is 9.59 Å². The zero-order valence-electron chi connectivity index (χ0n) is 11.3. The number of benzene rings is 1. The molecule has 1 heterocycles. The predicted molar refractivity (Wildman–Crippen MR) is 77.3 cm³/mol. The first-order valence-electron chi connectivity index (χ1n) is 6.94. The Bertz CT molecular complexity index is 582. The number of carbonyl (C=O) groups is 2. The fourth-order valence-corrected chi connectivity index (χ4v) is 3.58. The van der Waals surface area contributed by atoms with Gasteiger partial charge in [0.1, 0.15) is 5.82 Å². The fourth-order valence-electron chi connectivity index (χ4n) is 3.12. The molecular weight excluding hydrogens is 341 g/mol. The van der Waals surface area contributed by atoms with Crippen molar-refractivity contribution >= 4 is 27.8 Å². The second-order valence-corrected chi connectivity index (χ2v) is 6.73. The highest BCUT2D eigenvalue weighted by atomic mass is 79.9. The maximum absolute atomic E-state index is 13.4. The molecule has 4 nitrogen and oxygen atoms in total. The molecule has 21 heavy (non-hydrogen) atoms. The number of carboxylic acids is 1. The first-order valence-corrected chi connectivity index (χ1v) is 7.73. The number of likely N-dealkylation sites (tertiary alicyclic amines) is 1. The third-order valence-corrected chi connectivity index (χ3v) is 4.76. The summed E-state index contributed by atoms with van der Waals surface area (Å²) >= 11 is 3.17. The molecule has 1 aromatic rings. The minimum atomic E-state index is -0.845. The lowest BCUT2D eigenvalue weighted by Gasteiger charge is -2.16. The fraction of sp³-hybridized carbons (Fsp3) is 0.467. The standard InChI is InChI=1S/C15H15BrFNO3/c16-10-3-9(4-11(17)5-10)14(19)18-6-12(8-1-2-8)13(7-18)15(20)21/h3-5,8,12-13H,1-2,6-7H2,(H,20,21)/t12-,13+/m1/s1. The summed E-state index contributed by atoms with van der Waals surface area (Å²) < 4.78 is 13.9. The van der Waals surface area contributed by atoms with Gasteiger partial charge in [-0.05, 0) is 42.9 Å². The van der Waals surface area contributed by atoms with Crippen LogP contribution in [0.3, 0.4) is 0 Å². The quantitative estimate of drug-likeness (QED) is 0.906. The van der Waals surface area contributed by atoms with Gasteiger partial charge in [-0.15, -0.1) is 0 Å². The number of nitrogens with zero attached hydrogens (tertiary/aromatic N) is 1. The van der Waals surface area contributed by atoms with E-state index < -0.39 is 17.7 Å². The highest BCUT2D eigenvalue weighted by molar-refractivity contribution is 9.10. The summed E-state index contributed by atoms with van der Waals surface area (Å²) in [6.07, 6.45) is 2.09. The Morgan fingerprint density at radius 3 is 2.52 bits per heavy atom. The van der Waals surface area contributed by atoms with Gasteiger partial charge in [-0.2, -0.15) is 0 Å². The molecule has 0 aromatic heterocycles. The first-order chi connectivity index (χ1) is 9.95. The van der Waals surface area contributed by atoms with E-state index in [0.29, 0.717) is 16.9 Å². The smallest absolute Gasteiger partial charge is 0.308 e. The van der Waals surface area contributed by atoms with Gasteiger partial charge in [0.25, 0.3) is 5.91 Å². The maximum atomic E-state index is 13.4. The third kappa shape index (κ3) is 2.95. The van der Waals surface area contributed by atoms with Crippen molar-refractivity contribution in [2.24, 2.45) is 17.8 Å². The van der Waals surface area contributed by atoms with Gasteiger partial charge < -0.3 is 10.0 Å². The minimum Gasteiger partial charge on any atom is -0.481 e. The van der Waals surface area contributed by atoms with Crippen LogP contribution in [0, 0.1) is 23.6 Å². The van der Waals surface area contributed by atoms with Gasteiger partial charge in [0.2, 0.25) is 0 Å². The molecule has 1 aliphatic heterocycles. The van der Waals surface area contributed by atoms with Crippen molar-refractivity contribution in [1.82, 2.24) is 4.90 Å². The number of aliphatic carboxylic acids is 1. The molecule has 0 radical (unpaired) electrons. The number of hydrogen-bond acceptors (Lipinski definition) is 2. The third-order valence-electron chi connectivity index (χ3n) is 4.31. The summed E-state index contributed by atoms with van der Waals surface area (Å²) in [5, 5.41) is 9.31. The monoisotopic (exact) mass is 355 g/mol. The Morgan fingerprint density at radius 2 is 1.95 bits per heavy atom. The van der Waals surface area contributed by atoms with Crippen molar-refractivity contribution in [3.8, 4) is 0 Å². The van der Waals surface area contributed by atoms with E-state index in [1.807, 2.05) is 0 Å². The molecule has 2 atom stereocenters. The first kappa shape index (κ1) is 14.5. The van der Waals surface area contributed by atoms with Crippen molar-refractivity contribution in [2.75, 3.05) is 13.1 Å². The van der Waals surface area contributed by atoms with E-state index >= 15 is 0 Å². The van der Waals surface area contributed by atoms with Crippen LogP contribution in [-0.2, 0) is 4.79 Å². The zero-order valence-corrected chi connectivity index (χ0v) is 12.8. The lowest BCUT2D eigenvalue weighted by molar-refractivity contribution is -0.142. The molecular formula is C15H15BrFNO3. The summed E-state index contributed by atoms with van der Waals surface area (Å²) in [6, 6.07) is 4.03. The van der Waals surface area contributed by atoms with Crippen molar-refractivity contribution in [3.05, 3.63) is 34.1 Å². The highest BCUT2D eigenvalue weighted by Gasteiger charge is 2.46. The summed E-state index contributed by atoms with van der Waals surface area (Å²) in [5.41, 5.74) is 0.252. The van der Waals surface area contributed by atoms with Crippen molar-refractivity contribution in [1.29, 1.82) is 0 Å². The SMILES string of the molecule is O=C(O)[C@H]1CN(C(=O)c2cc(F)cc(Br)c2)C[C@@H]1C1CC1. The van der Waals surface area contributed by atoms with E-state index in [9.17, 15) is 19.1 Å². The van der Waals surface area contributed by atoms with Crippen LogP contribution in [0.2, 0.25) is 0 Å². The van der Waals surface area contributed by atoms with Gasteiger partial charge in [-0.25, -0.2) is 4.39 Å². The van der Waals surface area contributed by atoms with Gasteiger partial charge in [-0.1, -0.05) is 15.9 Å². The second-order valence-electron chi connectivity index (χ2n) is 5.81. The summed E-state index contributed by atoms with van der Waals surface area (Å²) in [6.45, 7) is 0.665. The topological polar surface area (TPSA) is 57.6 Å². The summed E-state index contributed by atoms with van der Waals surface area (Å²) in [5.74, 6) is -1.68. The lowest BCUT2D eigenvalue weighted by Crippen LogP contribution is -2.30. The van der Waals surface area contributed by atoms with Gasteiger partial charge in [0.05, 0.1) is 5.92 Å². The number of amides is 1. The number of carbonyl (C=O) groups excluding carboxylic acids is 1. The van der Waals surface area contributed by atoms with Crippen LogP contribution < -0.4 is 0 Å². The van der Waals surface area contributed by atoms with Gasteiger partial charge in [0.15, 0.2) is 0 Å². The molecule has 0 spiro atoms. The van der Waals surface area contributed by atoms with Crippen LogP contribution >= 0.6 is 15.9 Å². The van der Waals surface area contributed by atoms with Crippen LogP contribution in [0.15, 0.2) is 22.7 Å². The van der Waals surface area contributed by atoms with Gasteiger partial charge in [0, 0.05) is 23.1 Å². The maximum Gasteiger partial charge on any atom is 0.308 e. The van der Waals surface area contributed by atoms with Crippen LogP contribution in [-0.4, -0.2) is 35.0 Å². The zero-order chi connectivity index (χ0) is 15.1. The van der Waals surface area contributed by atoms with E-state index in [1.54, 1.807) is 11.0 Å². The molecule has 2 aliphatic rings. The number of hydrogen-bond donors (Lipinski definition) is 1. The minimum absolute atomic E-state index is 0.0310. The lowest BCUT2D eigenvalue weighted by atomic mass is 9.92. The van der Waals surface area contributed by atoms with E-state index in [1.165, 1.54) is 12.1 Å². The molecule has 1 saturated heterocycles. The highest BCUT2D eigenvalue weighted by Crippen LogP contribution is 2.44. The normalized spacial score (nSPS) is 25.1. The molecule has 112 valence electrons. The van der Waals surface area contributed by atoms with Crippen LogP contribution in [0.1, 0.15) is 23.2 Å². The Hall–Kier alpha value is -1.43. The molecule has 2 fully saturated rings. The Morgan fingerprint density at radius 1 is 1.24 bits per heavy atom. The Kier molecular flexibility index (Phi) is 3.73. The number of rotatable bonds is 3. The van der Waals surface area contributed by atoms with Crippen LogP contribution in [0.4, 0.5) is 4.39 Å². The molecule has 1 aliphatic carbocycles. The van der Waals surface area contributed by atoms with Crippen molar-refractivity contribution < 1.29 is 19.1 Å². The van der Waals surface area contributed by atoms with E-state index in [-0.39, 0.29) is 23.9 Å². The largest absolute Gasteiger partial charge is 0.481 e.